The van der Waals surface area contributed by atoms with Crippen LogP contribution in [0.25, 0.3) is 10.9 Å². The number of nitrogens with one attached hydrogen (secondary N) is 3. The van der Waals surface area contributed by atoms with Crippen LogP contribution in [-0.2, 0) is 0 Å². The molecule has 3 heterocycles. The van der Waals surface area contributed by atoms with Gasteiger partial charge in [0.2, 0.25) is 5.88 Å². The standard InChI is InChI=1S/C26H26FN7O.C4H12N2/c1-3-33-10-12-34(13-11-33)19-6-4-18(5-7-19)32-25-21(15-28)26(30-16-29-25)35-23-9-8-22-20(24(23)27)14-17(2)31-22;1-2-6-4-3-5/h4-9,14,16,31H,3,10-13H2,1-2H3,(H,29,30,32);6H,2-5H2,1H3. The topological polar surface area (TPSA) is 131 Å². The molecule has 1 saturated heterocycles. The molecule has 2 aromatic heterocycles. The Morgan fingerprint density at radius 3 is 2.49 bits per heavy atom. The van der Waals surface area contributed by atoms with Crippen LogP contribution < -0.4 is 26.0 Å². The van der Waals surface area contributed by atoms with Gasteiger partial charge in [-0.25, -0.2) is 14.4 Å². The highest BCUT2D eigenvalue weighted by molar-refractivity contribution is 5.83. The molecule has 5 N–H and O–H groups in total. The van der Waals surface area contributed by atoms with E-state index in [0.29, 0.717) is 16.7 Å². The van der Waals surface area contributed by atoms with Gasteiger partial charge in [-0.15, -0.1) is 0 Å². The van der Waals surface area contributed by atoms with Gasteiger partial charge in [0.05, 0.1) is 0 Å². The van der Waals surface area contributed by atoms with Crippen LogP contribution in [0.15, 0.2) is 48.8 Å². The summed E-state index contributed by atoms with van der Waals surface area (Å²) in [5.74, 6) is -0.244. The van der Waals surface area contributed by atoms with Crippen LogP contribution in [-0.4, -0.2) is 72.2 Å². The van der Waals surface area contributed by atoms with Gasteiger partial charge in [0.1, 0.15) is 12.4 Å². The van der Waals surface area contributed by atoms with Crippen molar-refractivity contribution in [2.75, 3.05) is 62.6 Å². The Bertz CT molecular complexity index is 1450. The van der Waals surface area contributed by atoms with Crippen molar-refractivity contribution in [3.05, 3.63) is 65.9 Å². The minimum atomic E-state index is -0.515. The number of likely N-dealkylation sites (N-methyl/N-ethyl adjacent to an activating group) is 2. The summed E-state index contributed by atoms with van der Waals surface area (Å²) in [6, 6.07) is 15.1. The third-order valence-electron chi connectivity index (χ3n) is 6.85. The molecule has 1 fully saturated rings. The fraction of sp³-hybridized carbons (Fsp3) is 0.367. The fourth-order valence-electron chi connectivity index (χ4n) is 4.61. The van der Waals surface area contributed by atoms with Crippen molar-refractivity contribution in [3.8, 4) is 17.7 Å². The van der Waals surface area contributed by atoms with Gasteiger partial charge in [0.15, 0.2) is 22.9 Å². The number of rotatable bonds is 9. The highest BCUT2D eigenvalue weighted by Gasteiger charge is 2.18. The summed E-state index contributed by atoms with van der Waals surface area (Å²) in [4.78, 5) is 16.2. The lowest BCUT2D eigenvalue weighted by Crippen LogP contribution is -2.46. The van der Waals surface area contributed by atoms with Crippen LogP contribution in [0.4, 0.5) is 21.6 Å². The summed E-state index contributed by atoms with van der Waals surface area (Å²) in [6.45, 7) is 14.0. The van der Waals surface area contributed by atoms with Crippen molar-refractivity contribution in [1.82, 2.24) is 25.2 Å². The molecule has 216 valence electrons. The SMILES string of the molecule is CCN1CCN(c2ccc(Nc3ncnc(Oc4ccc5[nH]c(C)cc5c4F)c3C#N)cc2)CC1.CCNCCN. The number of nitriles is 1. The first-order valence-corrected chi connectivity index (χ1v) is 13.9. The molecule has 0 unspecified atom stereocenters. The molecule has 11 heteroatoms. The average molecular weight is 560 g/mol. The maximum Gasteiger partial charge on any atom is 0.242 e. The summed E-state index contributed by atoms with van der Waals surface area (Å²) in [5, 5.41) is 16.5. The van der Waals surface area contributed by atoms with E-state index >= 15 is 0 Å². The second kappa shape index (κ2) is 14.4. The van der Waals surface area contributed by atoms with Gasteiger partial charge in [-0.2, -0.15) is 5.26 Å². The highest BCUT2D eigenvalue weighted by atomic mass is 19.1. The van der Waals surface area contributed by atoms with E-state index in [4.69, 9.17) is 10.5 Å². The van der Waals surface area contributed by atoms with Crippen LogP contribution in [0.2, 0.25) is 0 Å². The molecule has 1 aliphatic rings. The Labute approximate surface area is 240 Å². The number of anilines is 3. The van der Waals surface area contributed by atoms with Crippen molar-refractivity contribution < 1.29 is 9.13 Å². The second-order valence-electron chi connectivity index (χ2n) is 9.64. The number of nitrogens with zero attached hydrogens (tertiary/aromatic N) is 5. The van der Waals surface area contributed by atoms with Crippen molar-refractivity contribution in [3.63, 3.8) is 0 Å². The number of aryl methyl sites for hydroxylation is 1. The maximum absolute atomic E-state index is 15.0. The number of aromatic amines is 1. The lowest BCUT2D eigenvalue weighted by molar-refractivity contribution is 0.271. The molecule has 0 radical (unpaired) electrons. The Hall–Kier alpha value is -4.24. The van der Waals surface area contributed by atoms with Gasteiger partial charge in [0, 0.05) is 67.2 Å². The van der Waals surface area contributed by atoms with Crippen LogP contribution in [0, 0.1) is 24.1 Å². The molecule has 10 nitrogen and oxygen atoms in total. The number of benzene rings is 2. The molecule has 0 bridgehead atoms. The number of nitrogens with two attached hydrogens (primary N) is 1. The molecule has 5 rings (SSSR count). The monoisotopic (exact) mass is 559 g/mol. The summed E-state index contributed by atoms with van der Waals surface area (Å²) in [5.41, 5.74) is 8.70. The third-order valence-corrected chi connectivity index (χ3v) is 6.85. The Morgan fingerprint density at radius 2 is 1.85 bits per heavy atom. The zero-order valence-electron chi connectivity index (χ0n) is 23.9. The van der Waals surface area contributed by atoms with Gasteiger partial charge >= 0.3 is 0 Å². The number of hydrogen-bond donors (Lipinski definition) is 4. The predicted octanol–water partition coefficient (Wildman–Crippen LogP) is 4.51. The first kappa shape index (κ1) is 29.7. The molecular weight excluding hydrogens is 521 g/mol. The normalized spacial score (nSPS) is 13.4. The molecule has 4 aromatic rings. The number of fused-ring (bicyclic) bond motifs is 1. The smallest absolute Gasteiger partial charge is 0.242 e. The predicted molar refractivity (Wildman–Crippen MR) is 161 cm³/mol. The number of ether oxygens (including phenoxy) is 1. The Morgan fingerprint density at radius 1 is 1.10 bits per heavy atom. The number of H-pyrrole nitrogens is 1. The van der Waals surface area contributed by atoms with Crippen LogP contribution in [0.3, 0.4) is 0 Å². The van der Waals surface area contributed by atoms with E-state index in [1.54, 1.807) is 12.1 Å². The summed E-state index contributed by atoms with van der Waals surface area (Å²) < 4.78 is 20.7. The summed E-state index contributed by atoms with van der Waals surface area (Å²) in [6.07, 6.45) is 1.29. The second-order valence-corrected chi connectivity index (χ2v) is 9.64. The summed E-state index contributed by atoms with van der Waals surface area (Å²) >= 11 is 0. The van der Waals surface area contributed by atoms with E-state index < -0.39 is 5.82 Å². The fourth-order valence-corrected chi connectivity index (χ4v) is 4.61. The Balaban J connectivity index is 0.000000585. The van der Waals surface area contributed by atoms with Gasteiger partial charge < -0.3 is 35.9 Å². The first-order valence-electron chi connectivity index (χ1n) is 13.9. The van der Waals surface area contributed by atoms with Crippen molar-refractivity contribution in [2.24, 2.45) is 5.73 Å². The molecule has 1 aliphatic heterocycles. The average Bonchev–Trinajstić information content (AvgIpc) is 3.39. The minimum Gasteiger partial charge on any atom is -0.434 e. The van der Waals surface area contributed by atoms with Gasteiger partial charge in [-0.05, 0) is 62.5 Å². The van der Waals surface area contributed by atoms with E-state index in [0.717, 1.165) is 69.4 Å². The highest BCUT2D eigenvalue weighted by Crippen LogP contribution is 2.33. The third kappa shape index (κ3) is 7.49. The van der Waals surface area contributed by atoms with Crippen LogP contribution >= 0.6 is 0 Å². The van der Waals surface area contributed by atoms with E-state index in [1.165, 1.54) is 12.4 Å². The molecule has 0 amide bonds. The molecule has 2 aromatic carbocycles. The largest absolute Gasteiger partial charge is 0.434 e. The number of hydrogen-bond acceptors (Lipinski definition) is 9. The van der Waals surface area contributed by atoms with Crippen molar-refractivity contribution in [2.45, 2.75) is 20.8 Å². The molecule has 0 aliphatic carbocycles. The molecule has 41 heavy (non-hydrogen) atoms. The molecule has 0 spiro atoms. The zero-order chi connectivity index (χ0) is 29.2. The van der Waals surface area contributed by atoms with Crippen LogP contribution in [0.1, 0.15) is 25.1 Å². The zero-order valence-corrected chi connectivity index (χ0v) is 23.9. The van der Waals surface area contributed by atoms with Gasteiger partial charge in [-0.3, -0.25) is 0 Å². The summed E-state index contributed by atoms with van der Waals surface area (Å²) in [7, 11) is 0. The van der Waals surface area contributed by atoms with Crippen LogP contribution in [0.5, 0.6) is 11.6 Å². The van der Waals surface area contributed by atoms with E-state index in [1.807, 2.05) is 19.1 Å². The molecule has 0 saturated carbocycles. The van der Waals surface area contributed by atoms with Crippen molar-refractivity contribution in [1.29, 1.82) is 5.26 Å². The van der Waals surface area contributed by atoms with Gasteiger partial charge in [0.25, 0.3) is 0 Å². The maximum atomic E-state index is 15.0. The van der Waals surface area contributed by atoms with Gasteiger partial charge in [-0.1, -0.05) is 13.8 Å². The lowest BCUT2D eigenvalue weighted by Gasteiger charge is -2.35. The van der Waals surface area contributed by atoms with E-state index in [-0.39, 0.29) is 17.2 Å². The minimum absolute atomic E-state index is 0.00910. The number of piperazine rings is 1. The van der Waals surface area contributed by atoms with E-state index in [2.05, 4.69) is 67.4 Å². The van der Waals surface area contributed by atoms with E-state index in [9.17, 15) is 9.65 Å². The lowest BCUT2D eigenvalue weighted by atomic mass is 10.2. The quantitative estimate of drug-likeness (QED) is 0.219. The molecule has 0 atom stereocenters. The Kier molecular flexibility index (Phi) is 10.5. The first-order chi connectivity index (χ1) is 20.0. The van der Waals surface area contributed by atoms with Crippen molar-refractivity contribution >= 4 is 28.1 Å². The number of aromatic nitrogens is 3. The number of halogens is 1. The molecular formula is C30H38FN9O.